The SMILES string of the molecule is COc1ccc(CBr)cc1OCc1ncnn1CC(C)C. The fourth-order valence-electron chi connectivity index (χ4n) is 1.96. The Morgan fingerprint density at radius 3 is 2.76 bits per heavy atom. The minimum absolute atomic E-state index is 0.370. The summed E-state index contributed by atoms with van der Waals surface area (Å²) in [5.41, 5.74) is 1.13. The van der Waals surface area contributed by atoms with E-state index in [0.29, 0.717) is 18.3 Å². The van der Waals surface area contributed by atoms with Gasteiger partial charge in [0.2, 0.25) is 0 Å². The fourth-order valence-corrected chi connectivity index (χ4v) is 2.31. The second-order valence-corrected chi connectivity index (χ2v) is 5.72. The lowest BCUT2D eigenvalue weighted by molar-refractivity contribution is 0.266. The van der Waals surface area contributed by atoms with E-state index in [-0.39, 0.29) is 0 Å². The molecular formula is C15H20BrN3O2. The van der Waals surface area contributed by atoms with Crippen LogP contribution in [-0.2, 0) is 18.5 Å². The first kappa shape index (κ1) is 15.8. The van der Waals surface area contributed by atoms with Gasteiger partial charge in [0.15, 0.2) is 17.3 Å². The van der Waals surface area contributed by atoms with E-state index in [2.05, 4.69) is 39.9 Å². The summed E-state index contributed by atoms with van der Waals surface area (Å²) in [4.78, 5) is 4.26. The van der Waals surface area contributed by atoms with Gasteiger partial charge in [-0.1, -0.05) is 35.8 Å². The lowest BCUT2D eigenvalue weighted by atomic mass is 10.2. The topological polar surface area (TPSA) is 49.2 Å². The van der Waals surface area contributed by atoms with Crippen LogP contribution in [0.15, 0.2) is 24.5 Å². The van der Waals surface area contributed by atoms with Crippen molar-refractivity contribution in [3.8, 4) is 11.5 Å². The molecule has 0 radical (unpaired) electrons. The lowest BCUT2D eigenvalue weighted by Gasteiger charge is -2.13. The van der Waals surface area contributed by atoms with Crippen LogP contribution in [0.4, 0.5) is 0 Å². The molecule has 0 amide bonds. The van der Waals surface area contributed by atoms with Crippen molar-refractivity contribution in [2.75, 3.05) is 7.11 Å². The first-order valence-electron chi connectivity index (χ1n) is 6.86. The molecular weight excluding hydrogens is 334 g/mol. The first-order chi connectivity index (χ1) is 10.1. The molecule has 0 aliphatic heterocycles. The van der Waals surface area contributed by atoms with E-state index in [4.69, 9.17) is 9.47 Å². The van der Waals surface area contributed by atoms with Crippen molar-refractivity contribution in [3.05, 3.63) is 35.9 Å². The Balaban J connectivity index is 2.11. The molecule has 21 heavy (non-hydrogen) atoms. The third-order valence-electron chi connectivity index (χ3n) is 2.97. The zero-order valence-corrected chi connectivity index (χ0v) is 14.1. The van der Waals surface area contributed by atoms with Crippen LogP contribution in [0.3, 0.4) is 0 Å². The molecule has 5 nitrogen and oxygen atoms in total. The third kappa shape index (κ3) is 4.20. The smallest absolute Gasteiger partial charge is 0.164 e. The van der Waals surface area contributed by atoms with E-state index in [1.165, 1.54) is 0 Å². The number of hydrogen-bond donors (Lipinski definition) is 0. The van der Waals surface area contributed by atoms with Gasteiger partial charge in [0.25, 0.3) is 0 Å². The van der Waals surface area contributed by atoms with E-state index in [9.17, 15) is 0 Å². The van der Waals surface area contributed by atoms with Crippen molar-refractivity contribution in [2.45, 2.75) is 32.3 Å². The van der Waals surface area contributed by atoms with Crippen molar-refractivity contribution < 1.29 is 9.47 Å². The van der Waals surface area contributed by atoms with Crippen molar-refractivity contribution >= 4 is 15.9 Å². The van der Waals surface area contributed by atoms with Crippen molar-refractivity contribution in [1.82, 2.24) is 14.8 Å². The molecule has 0 fully saturated rings. The van der Waals surface area contributed by atoms with Crippen LogP contribution in [0, 0.1) is 5.92 Å². The van der Waals surface area contributed by atoms with Gasteiger partial charge in [-0.3, -0.25) is 0 Å². The van der Waals surface area contributed by atoms with Crippen molar-refractivity contribution in [3.63, 3.8) is 0 Å². The van der Waals surface area contributed by atoms with Crippen LogP contribution in [-0.4, -0.2) is 21.9 Å². The van der Waals surface area contributed by atoms with Crippen LogP contribution in [0.5, 0.6) is 11.5 Å². The van der Waals surface area contributed by atoms with Crippen LogP contribution in [0.2, 0.25) is 0 Å². The number of ether oxygens (including phenoxy) is 2. The maximum absolute atomic E-state index is 5.87. The van der Waals surface area contributed by atoms with E-state index in [1.807, 2.05) is 22.9 Å². The summed E-state index contributed by atoms with van der Waals surface area (Å²) in [6.07, 6.45) is 1.56. The van der Waals surface area contributed by atoms with Crippen molar-refractivity contribution in [1.29, 1.82) is 0 Å². The molecule has 1 aromatic heterocycles. The summed E-state index contributed by atoms with van der Waals surface area (Å²) < 4.78 is 13.1. The summed E-state index contributed by atoms with van der Waals surface area (Å²) in [6.45, 7) is 5.50. The Hall–Kier alpha value is -1.56. The molecule has 0 N–H and O–H groups in total. The Labute approximate surface area is 133 Å². The van der Waals surface area contributed by atoms with Gasteiger partial charge in [0, 0.05) is 11.9 Å². The third-order valence-corrected chi connectivity index (χ3v) is 3.62. The molecule has 0 bridgehead atoms. The minimum atomic E-state index is 0.370. The molecule has 0 saturated carbocycles. The molecule has 114 valence electrons. The molecule has 1 aromatic carbocycles. The monoisotopic (exact) mass is 353 g/mol. The highest BCUT2D eigenvalue weighted by atomic mass is 79.9. The quantitative estimate of drug-likeness (QED) is 0.715. The number of nitrogens with zero attached hydrogens (tertiary/aromatic N) is 3. The molecule has 2 rings (SSSR count). The highest BCUT2D eigenvalue weighted by Gasteiger charge is 2.10. The van der Waals surface area contributed by atoms with Gasteiger partial charge in [-0.25, -0.2) is 9.67 Å². The largest absolute Gasteiger partial charge is 0.493 e. The first-order valence-corrected chi connectivity index (χ1v) is 7.98. The number of halogens is 1. The molecule has 2 aromatic rings. The van der Waals surface area contributed by atoms with Crippen LogP contribution < -0.4 is 9.47 Å². The number of aromatic nitrogens is 3. The van der Waals surface area contributed by atoms with Gasteiger partial charge in [-0.05, 0) is 23.6 Å². The summed E-state index contributed by atoms with van der Waals surface area (Å²) >= 11 is 3.44. The molecule has 0 aliphatic rings. The minimum Gasteiger partial charge on any atom is -0.493 e. The number of methoxy groups -OCH3 is 1. The fraction of sp³-hybridized carbons (Fsp3) is 0.467. The lowest BCUT2D eigenvalue weighted by Crippen LogP contribution is -2.12. The summed E-state index contributed by atoms with van der Waals surface area (Å²) in [5, 5.41) is 5.01. The predicted octanol–water partition coefficient (Wildman–Crippen LogP) is 3.42. The maximum Gasteiger partial charge on any atom is 0.164 e. The standard InChI is InChI=1S/C15H20BrN3O2/c1-11(2)8-19-15(17-10-18-19)9-21-14-6-12(7-16)4-5-13(14)20-3/h4-6,10-11H,7-9H2,1-3H3. The zero-order valence-electron chi connectivity index (χ0n) is 12.5. The van der Waals surface area contributed by atoms with Crippen molar-refractivity contribution in [2.24, 2.45) is 5.92 Å². The van der Waals surface area contributed by atoms with Gasteiger partial charge in [-0.15, -0.1) is 0 Å². The van der Waals surface area contributed by atoms with E-state index in [0.717, 1.165) is 29.0 Å². The number of hydrogen-bond acceptors (Lipinski definition) is 4. The van der Waals surface area contributed by atoms with Crippen LogP contribution >= 0.6 is 15.9 Å². The second kappa shape index (κ2) is 7.45. The van der Waals surface area contributed by atoms with E-state index < -0.39 is 0 Å². The Kier molecular flexibility index (Phi) is 5.61. The average molecular weight is 354 g/mol. The van der Waals surface area contributed by atoms with Crippen LogP contribution in [0.1, 0.15) is 25.2 Å². The molecule has 0 unspecified atom stereocenters. The molecule has 0 spiro atoms. The van der Waals surface area contributed by atoms with Crippen LogP contribution in [0.25, 0.3) is 0 Å². The van der Waals surface area contributed by atoms with Gasteiger partial charge in [0.05, 0.1) is 7.11 Å². The summed E-state index contributed by atoms with van der Waals surface area (Å²) in [5.74, 6) is 2.76. The Morgan fingerprint density at radius 2 is 2.10 bits per heavy atom. The predicted molar refractivity (Wildman–Crippen MR) is 84.8 cm³/mol. The summed E-state index contributed by atoms with van der Waals surface area (Å²) in [7, 11) is 1.64. The number of rotatable bonds is 7. The Morgan fingerprint density at radius 1 is 1.29 bits per heavy atom. The molecule has 0 saturated heterocycles. The van der Waals surface area contributed by atoms with Gasteiger partial charge >= 0.3 is 0 Å². The molecule has 6 heteroatoms. The van der Waals surface area contributed by atoms with Gasteiger partial charge < -0.3 is 9.47 Å². The maximum atomic E-state index is 5.87. The normalized spacial score (nSPS) is 10.9. The number of alkyl halides is 1. The highest BCUT2D eigenvalue weighted by Crippen LogP contribution is 2.29. The summed E-state index contributed by atoms with van der Waals surface area (Å²) in [6, 6.07) is 5.88. The highest BCUT2D eigenvalue weighted by molar-refractivity contribution is 9.08. The average Bonchev–Trinajstić information content (AvgIpc) is 2.91. The van der Waals surface area contributed by atoms with Gasteiger partial charge in [-0.2, -0.15) is 5.10 Å². The molecule has 1 heterocycles. The van der Waals surface area contributed by atoms with Gasteiger partial charge in [0.1, 0.15) is 12.9 Å². The molecule has 0 atom stereocenters. The van der Waals surface area contributed by atoms with E-state index >= 15 is 0 Å². The zero-order chi connectivity index (χ0) is 15.2. The Bertz CT molecular complexity index is 584. The molecule has 0 aliphatic carbocycles. The van der Waals surface area contributed by atoms with E-state index in [1.54, 1.807) is 13.4 Å². The number of benzene rings is 1. The second-order valence-electron chi connectivity index (χ2n) is 5.16.